The molecule has 0 fully saturated rings. The number of allylic oxidation sites excluding steroid dienone is 2. The lowest BCUT2D eigenvalue weighted by molar-refractivity contribution is -0.139. The fourth-order valence-electron chi connectivity index (χ4n) is 3.68. The fraction of sp³-hybridized carbons (Fsp3) is 0.250. The number of benzene rings is 2. The van der Waals surface area contributed by atoms with Gasteiger partial charge in [0.25, 0.3) is 5.91 Å². The van der Waals surface area contributed by atoms with E-state index in [1.165, 1.54) is 12.2 Å². The molecule has 7 heteroatoms. The second-order valence-corrected chi connectivity index (χ2v) is 8.04. The SMILES string of the molecule is Cc1cc(NC(=O)C2C=CC=CC2(O)C(=O)Nc2cc(C)c(N)c(C)c2)cc(C)c1N. The van der Waals surface area contributed by atoms with Crippen molar-refractivity contribution in [2.75, 3.05) is 22.1 Å². The average molecular weight is 421 g/mol. The maximum Gasteiger partial charge on any atom is 0.261 e. The van der Waals surface area contributed by atoms with Gasteiger partial charge in [0.05, 0.1) is 5.92 Å². The van der Waals surface area contributed by atoms with E-state index in [9.17, 15) is 14.7 Å². The van der Waals surface area contributed by atoms with Crippen molar-refractivity contribution < 1.29 is 14.7 Å². The quantitative estimate of drug-likeness (QED) is 0.485. The third-order valence-corrected chi connectivity index (χ3v) is 5.60. The Kier molecular flexibility index (Phi) is 5.90. The van der Waals surface area contributed by atoms with E-state index in [1.54, 1.807) is 36.4 Å². The van der Waals surface area contributed by atoms with Gasteiger partial charge < -0.3 is 27.2 Å². The first-order valence-electron chi connectivity index (χ1n) is 9.97. The van der Waals surface area contributed by atoms with Gasteiger partial charge in [-0.15, -0.1) is 0 Å². The van der Waals surface area contributed by atoms with E-state index in [0.29, 0.717) is 22.7 Å². The Labute approximate surface area is 181 Å². The molecule has 0 aromatic heterocycles. The second kappa shape index (κ2) is 8.28. The molecule has 0 radical (unpaired) electrons. The van der Waals surface area contributed by atoms with Gasteiger partial charge in [-0.2, -0.15) is 0 Å². The van der Waals surface area contributed by atoms with Crippen LogP contribution in [0.1, 0.15) is 22.3 Å². The van der Waals surface area contributed by atoms with Crippen LogP contribution in [0.5, 0.6) is 0 Å². The highest BCUT2D eigenvalue weighted by Crippen LogP contribution is 2.30. The van der Waals surface area contributed by atoms with Crippen molar-refractivity contribution in [3.8, 4) is 0 Å². The summed E-state index contributed by atoms with van der Waals surface area (Å²) >= 11 is 0. The van der Waals surface area contributed by atoms with Crippen LogP contribution in [-0.2, 0) is 9.59 Å². The number of carbonyl (C=O) groups is 2. The van der Waals surface area contributed by atoms with Crippen LogP contribution in [0.25, 0.3) is 0 Å². The van der Waals surface area contributed by atoms with Gasteiger partial charge in [-0.1, -0.05) is 18.2 Å². The standard InChI is InChI=1S/C24H28N4O3/c1-13-9-17(10-14(2)20(13)25)27-22(29)19-7-5-6-8-24(19,31)23(30)28-18-11-15(3)21(26)16(4)12-18/h5-12,19,31H,25-26H2,1-4H3,(H,27,29)(H,28,30). The first-order valence-corrected chi connectivity index (χ1v) is 9.97. The summed E-state index contributed by atoms with van der Waals surface area (Å²) in [5.41, 5.74) is 15.5. The van der Waals surface area contributed by atoms with E-state index in [1.807, 2.05) is 27.7 Å². The molecule has 0 saturated carbocycles. The van der Waals surface area contributed by atoms with Crippen LogP contribution < -0.4 is 22.1 Å². The number of aryl methyl sites for hydroxylation is 4. The van der Waals surface area contributed by atoms with Crippen LogP contribution in [0.3, 0.4) is 0 Å². The van der Waals surface area contributed by atoms with Crippen molar-refractivity contribution >= 4 is 34.6 Å². The number of carbonyl (C=O) groups excluding carboxylic acids is 2. The normalized spacial score (nSPS) is 19.8. The number of aliphatic hydroxyl groups is 1. The van der Waals surface area contributed by atoms with Crippen LogP contribution in [0.4, 0.5) is 22.7 Å². The molecule has 0 saturated heterocycles. The van der Waals surface area contributed by atoms with Crippen LogP contribution in [0.2, 0.25) is 0 Å². The Hall–Kier alpha value is -3.58. The lowest BCUT2D eigenvalue weighted by atomic mass is 9.82. The van der Waals surface area contributed by atoms with Gasteiger partial charge in [0.1, 0.15) is 0 Å². The van der Waals surface area contributed by atoms with Crippen LogP contribution >= 0.6 is 0 Å². The zero-order valence-electron chi connectivity index (χ0n) is 18.1. The summed E-state index contributed by atoms with van der Waals surface area (Å²) in [6, 6.07) is 6.95. The van der Waals surface area contributed by atoms with Crippen LogP contribution in [-0.4, -0.2) is 22.5 Å². The average Bonchev–Trinajstić information content (AvgIpc) is 2.70. The van der Waals surface area contributed by atoms with Gasteiger partial charge in [-0.3, -0.25) is 9.59 Å². The predicted molar refractivity (Wildman–Crippen MR) is 125 cm³/mol. The molecule has 1 aliphatic carbocycles. The van der Waals surface area contributed by atoms with Gasteiger partial charge in [0.15, 0.2) is 5.60 Å². The first kappa shape index (κ1) is 22.1. The Morgan fingerprint density at radius 3 is 1.77 bits per heavy atom. The van der Waals surface area contributed by atoms with Crippen molar-refractivity contribution in [1.82, 2.24) is 0 Å². The summed E-state index contributed by atoms with van der Waals surface area (Å²) in [4.78, 5) is 26.1. The highest BCUT2D eigenvalue weighted by molar-refractivity contribution is 6.06. The molecule has 2 amide bonds. The van der Waals surface area contributed by atoms with E-state index in [4.69, 9.17) is 11.5 Å². The smallest absolute Gasteiger partial charge is 0.261 e. The van der Waals surface area contributed by atoms with Crippen molar-refractivity contribution in [2.24, 2.45) is 5.92 Å². The number of amides is 2. The summed E-state index contributed by atoms with van der Waals surface area (Å²) in [5.74, 6) is -2.33. The lowest BCUT2D eigenvalue weighted by Crippen LogP contribution is -2.52. The number of anilines is 4. The van der Waals surface area contributed by atoms with Crippen molar-refractivity contribution in [1.29, 1.82) is 0 Å². The summed E-state index contributed by atoms with van der Waals surface area (Å²) < 4.78 is 0. The molecule has 0 heterocycles. The van der Waals surface area contributed by atoms with E-state index in [-0.39, 0.29) is 0 Å². The highest BCUT2D eigenvalue weighted by atomic mass is 16.3. The molecule has 2 atom stereocenters. The zero-order chi connectivity index (χ0) is 22.9. The number of hydrogen-bond acceptors (Lipinski definition) is 5. The molecule has 0 aliphatic heterocycles. The number of nitrogen functional groups attached to an aromatic ring is 2. The zero-order valence-corrected chi connectivity index (χ0v) is 18.1. The number of nitrogens with two attached hydrogens (primary N) is 2. The van der Waals surface area contributed by atoms with Crippen LogP contribution in [0, 0.1) is 33.6 Å². The molecular weight excluding hydrogens is 392 g/mol. The maximum absolute atomic E-state index is 13.0. The topological polar surface area (TPSA) is 130 Å². The van der Waals surface area contributed by atoms with Gasteiger partial charge in [-0.25, -0.2) is 0 Å². The fourth-order valence-corrected chi connectivity index (χ4v) is 3.68. The molecule has 162 valence electrons. The van der Waals surface area contributed by atoms with E-state index in [2.05, 4.69) is 10.6 Å². The van der Waals surface area contributed by atoms with Gasteiger partial charge >= 0.3 is 0 Å². The summed E-state index contributed by atoms with van der Waals surface area (Å²) in [6.45, 7) is 7.37. The molecule has 2 unspecified atom stereocenters. The van der Waals surface area contributed by atoms with Crippen molar-refractivity contribution in [2.45, 2.75) is 33.3 Å². The monoisotopic (exact) mass is 420 g/mol. The molecule has 3 rings (SSSR count). The lowest BCUT2D eigenvalue weighted by Gasteiger charge is -2.31. The summed E-state index contributed by atoms with van der Waals surface area (Å²) in [5, 5.41) is 16.7. The Morgan fingerprint density at radius 2 is 1.29 bits per heavy atom. The molecule has 2 aromatic carbocycles. The molecule has 31 heavy (non-hydrogen) atoms. The molecule has 2 aromatic rings. The van der Waals surface area contributed by atoms with E-state index in [0.717, 1.165) is 22.3 Å². The van der Waals surface area contributed by atoms with Crippen LogP contribution in [0.15, 0.2) is 48.6 Å². The minimum Gasteiger partial charge on any atom is -0.398 e. The Bertz CT molecular complexity index is 1070. The molecule has 0 bridgehead atoms. The molecule has 1 aliphatic rings. The van der Waals surface area contributed by atoms with Gasteiger partial charge in [0, 0.05) is 22.7 Å². The highest BCUT2D eigenvalue weighted by Gasteiger charge is 2.45. The first-order chi connectivity index (χ1) is 14.5. The van der Waals surface area contributed by atoms with E-state index < -0.39 is 23.3 Å². The predicted octanol–water partition coefficient (Wildman–Crippen LogP) is 3.14. The third-order valence-electron chi connectivity index (χ3n) is 5.60. The maximum atomic E-state index is 13.0. The van der Waals surface area contributed by atoms with Crippen molar-refractivity contribution in [3.05, 3.63) is 70.8 Å². The van der Waals surface area contributed by atoms with Crippen molar-refractivity contribution in [3.63, 3.8) is 0 Å². The molecule has 0 spiro atoms. The largest absolute Gasteiger partial charge is 0.398 e. The number of hydrogen-bond donors (Lipinski definition) is 5. The van der Waals surface area contributed by atoms with Gasteiger partial charge in [0.2, 0.25) is 5.91 Å². The number of nitrogens with one attached hydrogen (secondary N) is 2. The van der Waals surface area contributed by atoms with Gasteiger partial charge in [-0.05, 0) is 80.3 Å². The molecular formula is C24H28N4O3. The summed E-state index contributed by atoms with van der Waals surface area (Å²) in [7, 11) is 0. The minimum absolute atomic E-state index is 0.495. The third kappa shape index (κ3) is 4.32. The molecule has 7 nitrogen and oxygen atoms in total. The number of rotatable bonds is 4. The minimum atomic E-state index is -2.06. The molecule has 7 N–H and O–H groups in total. The second-order valence-electron chi connectivity index (χ2n) is 8.04. The Balaban J connectivity index is 1.85. The summed E-state index contributed by atoms with van der Waals surface area (Å²) in [6.07, 6.45) is 6.00. The van der Waals surface area contributed by atoms with E-state index >= 15 is 0 Å². The Morgan fingerprint density at radius 1 is 0.839 bits per heavy atom.